The number of allylic oxidation sites excluding steroid dienone is 26. The van der Waals surface area contributed by atoms with Crippen LogP contribution in [0.1, 0.15) is 296 Å². The van der Waals surface area contributed by atoms with E-state index in [2.05, 4.69) is 172 Å². The molecule has 0 saturated heterocycles. The van der Waals surface area contributed by atoms with E-state index in [0.29, 0.717) is 23.9 Å². The molecule has 9 nitrogen and oxygen atoms in total. The van der Waals surface area contributed by atoms with Gasteiger partial charge >= 0.3 is 17.9 Å². The van der Waals surface area contributed by atoms with Crippen LogP contribution >= 0.6 is 0 Å². The number of carboxylic acid groups (broad SMARTS) is 1. The van der Waals surface area contributed by atoms with Gasteiger partial charge in [-0.3, -0.25) is 9.59 Å². The first-order valence-corrected chi connectivity index (χ1v) is 37.6. The lowest BCUT2D eigenvalue weighted by molar-refractivity contribution is -0.870. The molecule has 2 atom stereocenters. The molecule has 0 aliphatic rings. The van der Waals surface area contributed by atoms with E-state index in [1.807, 2.05) is 21.1 Å². The predicted octanol–water partition coefficient (Wildman–Crippen LogP) is 24.0. The second-order valence-corrected chi connectivity index (χ2v) is 25.8. The first-order valence-electron chi connectivity index (χ1n) is 37.6. The van der Waals surface area contributed by atoms with Gasteiger partial charge in [-0.05, 0) is 122 Å². The normalized spacial score (nSPS) is 13.6. The quantitative estimate of drug-likeness (QED) is 0.0211. The van der Waals surface area contributed by atoms with Gasteiger partial charge in [-0.15, -0.1) is 0 Å². The van der Waals surface area contributed by atoms with E-state index in [-0.39, 0.29) is 32.2 Å². The van der Waals surface area contributed by atoms with Crippen LogP contribution in [0, 0.1) is 0 Å². The summed E-state index contributed by atoms with van der Waals surface area (Å²) in [7, 11) is 5.98. The van der Waals surface area contributed by atoms with Crippen molar-refractivity contribution in [3.05, 3.63) is 158 Å². The van der Waals surface area contributed by atoms with E-state index in [1.54, 1.807) is 0 Å². The smallest absolute Gasteiger partial charge is 0.361 e. The first kappa shape index (κ1) is 87.9. The maximum atomic E-state index is 13.0. The Hall–Kier alpha value is -5.09. The number of quaternary nitrogens is 1. The van der Waals surface area contributed by atoms with Crippen molar-refractivity contribution in [2.75, 3.05) is 47.5 Å². The van der Waals surface area contributed by atoms with Gasteiger partial charge in [0.1, 0.15) is 13.2 Å². The van der Waals surface area contributed by atoms with Crippen LogP contribution in [0.15, 0.2) is 158 Å². The lowest BCUT2D eigenvalue weighted by atomic mass is 10.0. The molecule has 0 amide bonds. The van der Waals surface area contributed by atoms with E-state index >= 15 is 0 Å². The molecule has 0 aliphatic carbocycles. The van der Waals surface area contributed by atoms with Crippen LogP contribution in [-0.2, 0) is 33.3 Å². The maximum absolute atomic E-state index is 13.0. The van der Waals surface area contributed by atoms with Gasteiger partial charge in [-0.2, -0.15) is 0 Å². The molecule has 0 aromatic rings. The van der Waals surface area contributed by atoms with Crippen molar-refractivity contribution < 1.29 is 42.9 Å². The zero-order valence-corrected chi connectivity index (χ0v) is 60.4. The zero-order valence-electron chi connectivity index (χ0n) is 60.4. The topological polar surface area (TPSA) is 108 Å². The summed E-state index contributed by atoms with van der Waals surface area (Å²) in [5, 5.41) is 9.77. The van der Waals surface area contributed by atoms with Crippen molar-refractivity contribution >= 4 is 17.9 Å². The highest BCUT2D eigenvalue weighted by atomic mass is 16.7. The molecule has 1 N–H and O–H groups in total. The highest BCUT2D eigenvalue weighted by molar-refractivity contribution is 5.71. The fourth-order valence-electron chi connectivity index (χ4n) is 10.1. The largest absolute Gasteiger partial charge is 0.477 e. The van der Waals surface area contributed by atoms with Crippen molar-refractivity contribution in [3.63, 3.8) is 0 Å². The van der Waals surface area contributed by atoms with Gasteiger partial charge in [0.15, 0.2) is 6.10 Å². The van der Waals surface area contributed by atoms with E-state index in [4.69, 9.17) is 18.9 Å². The Morgan fingerprint density at radius 2 is 0.581 bits per heavy atom. The average molecular weight is 1290 g/mol. The molecular formula is C84H140NO8+. The molecule has 0 heterocycles. The number of esters is 2. The van der Waals surface area contributed by atoms with Gasteiger partial charge < -0.3 is 28.5 Å². The van der Waals surface area contributed by atoms with Gasteiger partial charge in [-0.1, -0.05) is 320 Å². The number of carbonyl (C=O) groups is 3. The molecule has 0 radical (unpaired) electrons. The number of nitrogens with zero attached hydrogens (tertiary/aromatic N) is 1. The fraction of sp³-hybridized carbons (Fsp3) is 0.655. The van der Waals surface area contributed by atoms with Crippen LogP contribution in [0.25, 0.3) is 0 Å². The first-order chi connectivity index (χ1) is 45.6. The summed E-state index contributed by atoms with van der Waals surface area (Å²) in [5.74, 6) is -2.01. The third-order valence-electron chi connectivity index (χ3n) is 15.8. The van der Waals surface area contributed by atoms with Crippen LogP contribution in [0.4, 0.5) is 0 Å². The molecule has 0 rings (SSSR count). The third-order valence-corrected chi connectivity index (χ3v) is 15.8. The number of hydrogen-bond donors (Lipinski definition) is 1. The Labute approximate surface area is 572 Å². The summed E-state index contributed by atoms with van der Waals surface area (Å²) in [5.41, 5.74) is 0. The molecule has 0 spiro atoms. The maximum Gasteiger partial charge on any atom is 0.361 e. The summed E-state index contributed by atoms with van der Waals surface area (Å²) in [6.07, 6.45) is 105. The summed E-state index contributed by atoms with van der Waals surface area (Å²) in [6, 6.07) is 0. The Balaban J connectivity index is 4.11. The molecule has 0 saturated carbocycles. The Morgan fingerprint density at radius 3 is 0.860 bits per heavy atom. The number of rotatable bonds is 68. The highest BCUT2D eigenvalue weighted by Crippen LogP contribution is 2.17. The van der Waals surface area contributed by atoms with E-state index in [0.717, 1.165) is 122 Å². The SMILES string of the molecule is CC/C=C\C/C=C\C/C=C\C/C=C\C/C=C\C/C=C\C/C=C\C/C=C\CCCCCCCCCCCCCCC(=O)OC(COC(=O)CCCCCCCCCCCCCCCCC/C=C\C/C=C\C/C=C\C/C=C\C/C=C\CC)COC(OCC[N+](C)(C)C)C(=O)O. The van der Waals surface area contributed by atoms with E-state index in [9.17, 15) is 19.5 Å². The summed E-state index contributed by atoms with van der Waals surface area (Å²) in [4.78, 5) is 37.7. The van der Waals surface area contributed by atoms with Crippen molar-refractivity contribution in [2.45, 2.75) is 309 Å². The molecular weight excluding hydrogens is 1150 g/mol. The number of unbranched alkanes of at least 4 members (excludes halogenated alkanes) is 27. The van der Waals surface area contributed by atoms with Crippen LogP contribution in [0.2, 0.25) is 0 Å². The molecule has 0 bridgehead atoms. The summed E-state index contributed by atoms with van der Waals surface area (Å²) >= 11 is 0. The molecule has 0 aliphatic heterocycles. The monoisotopic (exact) mass is 1290 g/mol. The number of aliphatic carboxylic acids is 1. The minimum atomic E-state index is -1.52. The lowest BCUT2D eigenvalue weighted by Gasteiger charge is -2.25. The minimum Gasteiger partial charge on any atom is -0.477 e. The van der Waals surface area contributed by atoms with Crippen LogP contribution in [-0.4, -0.2) is 87.4 Å². The average Bonchev–Trinajstić information content (AvgIpc) is 3.73. The van der Waals surface area contributed by atoms with E-state index in [1.165, 1.54) is 141 Å². The number of hydrogen-bond acceptors (Lipinski definition) is 7. The fourth-order valence-corrected chi connectivity index (χ4v) is 10.1. The van der Waals surface area contributed by atoms with Gasteiger partial charge in [-0.25, -0.2) is 4.79 Å². The lowest BCUT2D eigenvalue weighted by Crippen LogP contribution is -2.40. The van der Waals surface area contributed by atoms with Crippen molar-refractivity contribution in [2.24, 2.45) is 0 Å². The Kier molecular flexibility index (Phi) is 68.8. The predicted molar refractivity (Wildman–Crippen MR) is 400 cm³/mol. The van der Waals surface area contributed by atoms with Crippen molar-refractivity contribution in [3.8, 4) is 0 Å². The van der Waals surface area contributed by atoms with E-state index < -0.39 is 24.3 Å². The summed E-state index contributed by atoms with van der Waals surface area (Å²) in [6.45, 7) is 4.66. The van der Waals surface area contributed by atoms with Gasteiger partial charge in [0.25, 0.3) is 6.29 Å². The van der Waals surface area contributed by atoms with Crippen LogP contribution in [0.5, 0.6) is 0 Å². The second-order valence-electron chi connectivity index (χ2n) is 25.8. The van der Waals surface area contributed by atoms with Gasteiger partial charge in [0.2, 0.25) is 0 Å². The number of carboxylic acids is 1. The van der Waals surface area contributed by atoms with Crippen molar-refractivity contribution in [1.29, 1.82) is 0 Å². The molecule has 0 aromatic heterocycles. The third kappa shape index (κ3) is 74.2. The van der Waals surface area contributed by atoms with Gasteiger partial charge in [0.05, 0.1) is 34.4 Å². The molecule has 528 valence electrons. The van der Waals surface area contributed by atoms with Crippen LogP contribution in [0.3, 0.4) is 0 Å². The molecule has 0 fully saturated rings. The number of carbonyl (C=O) groups excluding carboxylic acids is 2. The standard InChI is InChI=1S/C84H139NO8/c1-6-8-10-12-14-16-18-20-22-24-26-28-30-32-34-36-38-39-40-41-42-43-45-47-49-51-53-55-57-59-61-63-65-67-69-71-73-75-82(87)93-80(79-92-84(83(88)89)90-77-76-85(3,4)5)78-91-81(86)74-72-70-68-66-64-62-60-58-56-54-52-50-48-46-44-37-35-33-31-29-27-25-23-21-19-17-15-13-11-9-7-2/h8-11,14-17,20-23,26-29,32-35,38-39,41-42,45,47,80,84H,6-7,12-13,18-19,24-25,30-31,36-37,40,43-44,46,48-79H2,1-5H3/p+1/b10-8-,11-9-,16-14-,17-15-,22-20-,23-21-,28-26-,29-27-,34-32-,35-33-,39-38-,42-41-,47-45-. The zero-order chi connectivity index (χ0) is 67.5. The molecule has 9 heteroatoms. The minimum absolute atomic E-state index is 0.181. The van der Waals surface area contributed by atoms with Gasteiger partial charge in [0, 0.05) is 12.8 Å². The Morgan fingerprint density at radius 1 is 0.323 bits per heavy atom. The number of ether oxygens (including phenoxy) is 4. The molecule has 2 unspecified atom stereocenters. The second kappa shape index (κ2) is 72.7. The highest BCUT2D eigenvalue weighted by Gasteiger charge is 2.25. The molecule has 93 heavy (non-hydrogen) atoms. The molecule has 0 aromatic carbocycles. The van der Waals surface area contributed by atoms with Crippen LogP contribution < -0.4 is 0 Å². The summed E-state index contributed by atoms with van der Waals surface area (Å²) < 4.78 is 23.0. The van der Waals surface area contributed by atoms with Crippen molar-refractivity contribution in [1.82, 2.24) is 0 Å². The Bertz CT molecular complexity index is 2090. The number of likely N-dealkylation sites (N-methyl/N-ethyl adjacent to an activating group) is 1.